The maximum atomic E-state index is 13.2. The van der Waals surface area contributed by atoms with Gasteiger partial charge in [-0.2, -0.15) is 4.99 Å². The van der Waals surface area contributed by atoms with Crippen LogP contribution in [0.15, 0.2) is 47.5 Å². The molecule has 0 aliphatic rings. The Bertz CT molecular complexity index is 1180. The molecule has 9 nitrogen and oxygen atoms in total. The van der Waals surface area contributed by atoms with Crippen molar-refractivity contribution in [3.05, 3.63) is 83.8 Å². The van der Waals surface area contributed by atoms with Crippen molar-refractivity contribution < 1.29 is 19.0 Å². The van der Waals surface area contributed by atoms with Gasteiger partial charge in [0.15, 0.2) is 4.80 Å². The standard InChI is InChI=1S/C18H13FN4O5S/c1-10-16(11-3-5-13(19)6-4-11)21(2)18(29-10)20-17(24)12-7-14(22(25)26)9-15(8-12)23(27)28/h3-9H,1-2H3. The van der Waals surface area contributed by atoms with E-state index in [9.17, 15) is 29.4 Å². The molecule has 0 bridgehead atoms. The van der Waals surface area contributed by atoms with E-state index in [1.54, 1.807) is 23.7 Å². The van der Waals surface area contributed by atoms with Crippen LogP contribution in [-0.4, -0.2) is 20.3 Å². The molecule has 148 valence electrons. The molecule has 1 aromatic heterocycles. The maximum absolute atomic E-state index is 13.2. The summed E-state index contributed by atoms with van der Waals surface area (Å²) in [5, 5.41) is 22.0. The Morgan fingerprint density at radius 2 is 1.62 bits per heavy atom. The number of rotatable bonds is 4. The summed E-state index contributed by atoms with van der Waals surface area (Å²) < 4.78 is 14.8. The molecule has 0 unspecified atom stereocenters. The van der Waals surface area contributed by atoms with Crippen LogP contribution in [0.25, 0.3) is 11.3 Å². The highest BCUT2D eigenvalue weighted by molar-refractivity contribution is 7.09. The van der Waals surface area contributed by atoms with Gasteiger partial charge in [-0.1, -0.05) is 0 Å². The second-order valence-corrected chi connectivity index (χ2v) is 7.21. The van der Waals surface area contributed by atoms with E-state index in [1.165, 1.54) is 23.5 Å². The van der Waals surface area contributed by atoms with Gasteiger partial charge in [0.1, 0.15) is 5.82 Å². The summed E-state index contributed by atoms with van der Waals surface area (Å²) in [7, 11) is 1.67. The molecule has 1 heterocycles. The zero-order valence-corrected chi connectivity index (χ0v) is 16.0. The molecule has 3 aromatic rings. The van der Waals surface area contributed by atoms with E-state index in [0.717, 1.165) is 34.3 Å². The number of non-ortho nitro benzene ring substituents is 2. The van der Waals surface area contributed by atoms with Gasteiger partial charge in [-0.05, 0) is 36.8 Å². The number of hydrogen-bond acceptors (Lipinski definition) is 6. The molecule has 0 fully saturated rings. The molecular weight excluding hydrogens is 403 g/mol. The Hall–Kier alpha value is -3.73. The van der Waals surface area contributed by atoms with E-state index in [1.807, 2.05) is 6.92 Å². The molecule has 0 spiro atoms. The minimum atomic E-state index is -0.848. The van der Waals surface area contributed by atoms with Gasteiger partial charge in [-0.3, -0.25) is 25.0 Å². The van der Waals surface area contributed by atoms with Gasteiger partial charge in [0.05, 0.1) is 27.2 Å². The Kier molecular flexibility index (Phi) is 5.33. The highest BCUT2D eigenvalue weighted by Crippen LogP contribution is 2.25. The first-order valence-electron chi connectivity index (χ1n) is 8.12. The monoisotopic (exact) mass is 416 g/mol. The highest BCUT2D eigenvalue weighted by atomic mass is 32.1. The van der Waals surface area contributed by atoms with Crippen molar-refractivity contribution in [3.8, 4) is 11.3 Å². The molecule has 11 heteroatoms. The Morgan fingerprint density at radius 1 is 1.07 bits per heavy atom. The third-order valence-corrected chi connectivity index (χ3v) is 5.13. The van der Waals surface area contributed by atoms with Crippen molar-refractivity contribution in [3.63, 3.8) is 0 Å². The zero-order valence-electron chi connectivity index (χ0n) is 15.2. The predicted octanol–water partition coefficient (Wildman–Crippen LogP) is 3.76. The first-order valence-corrected chi connectivity index (χ1v) is 8.94. The van der Waals surface area contributed by atoms with Gasteiger partial charge in [0.25, 0.3) is 17.3 Å². The SMILES string of the molecule is Cc1sc(=NC(=O)c2cc([N+](=O)[O-])cc([N+](=O)[O-])c2)n(C)c1-c1ccc(F)cc1. The minimum absolute atomic E-state index is 0.264. The Balaban J connectivity index is 2.09. The summed E-state index contributed by atoms with van der Waals surface area (Å²) >= 11 is 1.20. The van der Waals surface area contributed by atoms with Crippen LogP contribution in [0.1, 0.15) is 15.2 Å². The van der Waals surface area contributed by atoms with Crippen molar-refractivity contribution in [1.82, 2.24) is 4.57 Å². The molecule has 0 saturated carbocycles. The fraction of sp³-hybridized carbons (Fsp3) is 0.111. The summed E-state index contributed by atoms with van der Waals surface area (Å²) in [5.74, 6) is -1.23. The molecule has 3 rings (SSSR count). The number of aromatic nitrogens is 1. The number of carbonyl (C=O) groups is 1. The van der Waals surface area contributed by atoms with E-state index in [2.05, 4.69) is 4.99 Å². The van der Waals surface area contributed by atoms with E-state index in [0.29, 0.717) is 4.80 Å². The lowest BCUT2D eigenvalue weighted by atomic mass is 10.1. The largest absolute Gasteiger partial charge is 0.319 e. The van der Waals surface area contributed by atoms with Crippen LogP contribution in [-0.2, 0) is 7.05 Å². The lowest BCUT2D eigenvalue weighted by Gasteiger charge is -2.04. The van der Waals surface area contributed by atoms with Crippen LogP contribution in [0, 0.1) is 33.0 Å². The van der Waals surface area contributed by atoms with Crippen LogP contribution in [0.3, 0.4) is 0 Å². The number of amides is 1. The number of benzene rings is 2. The summed E-state index contributed by atoms with van der Waals surface area (Å²) in [6, 6.07) is 8.49. The molecule has 1 amide bonds. The maximum Gasteiger partial charge on any atom is 0.280 e. The van der Waals surface area contributed by atoms with Crippen molar-refractivity contribution in [2.75, 3.05) is 0 Å². The molecule has 0 N–H and O–H groups in total. The van der Waals surface area contributed by atoms with Gasteiger partial charge in [-0.25, -0.2) is 4.39 Å². The molecule has 0 atom stereocenters. The lowest BCUT2D eigenvalue weighted by molar-refractivity contribution is -0.394. The Morgan fingerprint density at radius 3 is 2.14 bits per heavy atom. The molecule has 2 aromatic carbocycles. The Labute approximate surface area is 166 Å². The number of nitro benzene ring substituents is 2. The highest BCUT2D eigenvalue weighted by Gasteiger charge is 2.20. The molecule has 0 aliphatic heterocycles. The molecule has 0 saturated heterocycles. The molecule has 0 radical (unpaired) electrons. The number of nitrogens with zero attached hydrogens (tertiary/aromatic N) is 4. The minimum Gasteiger partial charge on any atom is -0.319 e. The van der Waals surface area contributed by atoms with Crippen molar-refractivity contribution >= 4 is 28.6 Å². The second-order valence-electron chi connectivity index (χ2n) is 6.02. The number of thiazole rings is 1. The van der Waals surface area contributed by atoms with Gasteiger partial charge >= 0.3 is 0 Å². The van der Waals surface area contributed by atoms with Gasteiger partial charge in [0.2, 0.25) is 0 Å². The fourth-order valence-electron chi connectivity index (χ4n) is 2.77. The zero-order chi connectivity index (χ0) is 21.3. The summed E-state index contributed by atoms with van der Waals surface area (Å²) in [4.78, 5) is 38.0. The van der Waals surface area contributed by atoms with E-state index in [4.69, 9.17) is 0 Å². The normalized spacial score (nSPS) is 11.5. The molecule has 29 heavy (non-hydrogen) atoms. The smallest absolute Gasteiger partial charge is 0.280 e. The summed E-state index contributed by atoms with van der Waals surface area (Å²) in [6.07, 6.45) is 0. The summed E-state index contributed by atoms with van der Waals surface area (Å²) in [5.41, 5.74) is 0.0439. The van der Waals surface area contributed by atoms with Crippen LogP contribution in [0.4, 0.5) is 15.8 Å². The average molecular weight is 416 g/mol. The van der Waals surface area contributed by atoms with E-state index < -0.39 is 27.1 Å². The summed E-state index contributed by atoms with van der Waals surface area (Å²) in [6.45, 7) is 1.81. The van der Waals surface area contributed by atoms with Gasteiger partial charge < -0.3 is 4.57 Å². The topological polar surface area (TPSA) is 121 Å². The van der Waals surface area contributed by atoms with Crippen molar-refractivity contribution in [1.29, 1.82) is 0 Å². The quantitative estimate of drug-likeness (QED) is 0.474. The van der Waals surface area contributed by atoms with Gasteiger partial charge in [-0.15, -0.1) is 11.3 Å². The molecular formula is C18H13FN4O5S. The number of nitro groups is 2. The third kappa shape index (κ3) is 4.09. The number of carbonyl (C=O) groups excluding carboxylic acids is 1. The second kappa shape index (κ2) is 7.72. The van der Waals surface area contributed by atoms with Crippen LogP contribution in [0.2, 0.25) is 0 Å². The number of aryl methyl sites for hydroxylation is 1. The number of halogens is 1. The van der Waals surface area contributed by atoms with E-state index in [-0.39, 0.29) is 11.4 Å². The van der Waals surface area contributed by atoms with Crippen LogP contribution < -0.4 is 4.80 Å². The third-order valence-electron chi connectivity index (χ3n) is 4.09. The fourth-order valence-corrected chi connectivity index (χ4v) is 3.75. The molecule has 0 aliphatic carbocycles. The average Bonchev–Trinajstić information content (AvgIpc) is 2.95. The first-order chi connectivity index (χ1) is 13.7. The van der Waals surface area contributed by atoms with Gasteiger partial charge in [0, 0.05) is 24.1 Å². The van der Waals surface area contributed by atoms with E-state index >= 15 is 0 Å². The van der Waals surface area contributed by atoms with Crippen LogP contribution in [0.5, 0.6) is 0 Å². The van der Waals surface area contributed by atoms with Crippen molar-refractivity contribution in [2.24, 2.45) is 12.0 Å². The lowest BCUT2D eigenvalue weighted by Crippen LogP contribution is -2.14. The first kappa shape index (κ1) is 20.0. The van der Waals surface area contributed by atoms with Crippen molar-refractivity contribution in [2.45, 2.75) is 6.92 Å². The number of hydrogen-bond donors (Lipinski definition) is 0. The predicted molar refractivity (Wildman–Crippen MR) is 103 cm³/mol. The van der Waals surface area contributed by atoms with Crippen LogP contribution >= 0.6 is 11.3 Å².